The SMILES string of the molecule is CCCCCCCCCCCC(=O)O.O=C(O)O.O=C1O[C@H](CO)[C@@H](O)[C@H](O)[C@H]1O.OCC(O)CO.[CaH2].[H+].[H+].[Na+]. The third kappa shape index (κ3) is 32.4. The molecule has 38 heavy (non-hydrogen) atoms. The zero-order chi connectivity index (χ0) is 28.5. The van der Waals surface area contributed by atoms with E-state index in [1.807, 2.05) is 0 Å². The molecule has 14 nitrogen and oxygen atoms in total. The number of carbonyl (C=O) groups excluding carboxylic acids is 1. The van der Waals surface area contributed by atoms with E-state index in [4.69, 9.17) is 55.9 Å². The van der Waals surface area contributed by atoms with Crippen molar-refractivity contribution in [3.8, 4) is 0 Å². The normalized spacial score (nSPS) is 19.4. The molecule has 0 aromatic heterocycles. The Labute approximate surface area is 277 Å². The van der Waals surface area contributed by atoms with Crippen molar-refractivity contribution in [1.29, 1.82) is 0 Å². The van der Waals surface area contributed by atoms with E-state index < -0.39 is 55.2 Å². The minimum absolute atomic E-state index is 0. The molecule has 0 saturated carbocycles. The molecule has 1 aliphatic heterocycles. The van der Waals surface area contributed by atoms with Gasteiger partial charge < -0.3 is 55.8 Å². The topological polar surface area (TPSA) is 263 Å². The van der Waals surface area contributed by atoms with Crippen LogP contribution in [0.15, 0.2) is 0 Å². The number of carbonyl (C=O) groups is 3. The minimum atomic E-state index is -1.83. The summed E-state index contributed by atoms with van der Waals surface area (Å²) < 4.78 is 4.38. The van der Waals surface area contributed by atoms with Gasteiger partial charge in [0, 0.05) is 6.42 Å². The Balaban J connectivity index is -0.0000000765. The Kier molecular flexibility index (Phi) is 42.1. The van der Waals surface area contributed by atoms with Crippen LogP contribution >= 0.6 is 0 Å². The Hall–Kier alpha value is 0.190. The van der Waals surface area contributed by atoms with Gasteiger partial charge in [0.25, 0.3) is 0 Å². The van der Waals surface area contributed by atoms with Gasteiger partial charge in [0.2, 0.25) is 0 Å². The predicted molar refractivity (Wildman–Crippen MR) is 136 cm³/mol. The van der Waals surface area contributed by atoms with Crippen molar-refractivity contribution in [1.82, 2.24) is 0 Å². The van der Waals surface area contributed by atoms with Gasteiger partial charge in [-0.1, -0.05) is 58.3 Å². The molecule has 1 aliphatic rings. The second kappa shape index (κ2) is 33.4. The van der Waals surface area contributed by atoms with Crippen LogP contribution in [0.5, 0.6) is 0 Å². The molecule has 0 radical (unpaired) electrons. The summed E-state index contributed by atoms with van der Waals surface area (Å²) in [5.41, 5.74) is 0. The largest absolute Gasteiger partial charge is 1.00 e. The summed E-state index contributed by atoms with van der Waals surface area (Å²) in [7, 11) is 0. The summed E-state index contributed by atoms with van der Waals surface area (Å²) in [4.78, 5) is 29.4. The Morgan fingerprint density at radius 3 is 1.55 bits per heavy atom. The predicted octanol–water partition coefficient (Wildman–Crippen LogP) is -4.15. The maximum absolute atomic E-state index is 10.7. The van der Waals surface area contributed by atoms with Crippen LogP contribution in [-0.4, -0.2) is 157 Å². The zero-order valence-electron chi connectivity index (χ0n) is 23.7. The summed E-state index contributed by atoms with van der Waals surface area (Å²) in [5, 5.41) is 81.9. The smallest absolute Gasteiger partial charge is 1.00 e. The molecule has 10 N–H and O–H groups in total. The molecular weight excluding hydrogens is 551 g/mol. The first-order chi connectivity index (χ1) is 16.9. The standard InChI is InChI=1S/C12H24O2.C6H10O6.C3H8O3.CH2O3.Ca.Na.2H/c1-2-3-4-5-6-7-8-9-10-11-12(13)14;7-1-2-3(8)4(9)5(10)6(11)12-2;4-1-3(6)2-5;2-1(3)4;;;;/h2-11H2,1H3,(H,13,14);2-5,7-10H,1H2;3-6H,1-2H2;(H2,2,3,4);;;;/q;;;;;+1;;/p+2/t;2-,3-,4+,5-;;;;;;/m.1....../s1. The number of hydrogen-bond acceptors (Lipinski definition) is 11. The molecule has 0 spiro atoms. The molecule has 0 aromatic carbocycles. The third-order valence-electron chi connectivity index (χ3n) is 4.66. The fraction of sp³-hybridized carbons (Fsp3) is 0.864. The van der Waals surface area contributed by atoms with E-state index in [2.05, 4.69) is 11.7 Å². The van der Waals surface area contributed by atoms with Gasteiger partial charge in [-0.2, -0.15) is 0 Å². The number of aliphatic carboxylic acids is 1. The van der Waals surface area contributed by atoms with Crippen molar-refractivity contribution >= 4 is 55.8 Å². The van der Waals surface area contributed by atoms with Crippen LogP contribution in [-0.2, 0) is 14.3 Å². The van der Waals surface area contributed by atoms with E-state index in [0.29, 0.717) is 6.42 Å². The van der Waals surface area contributed by atoms with Crippen LogP contribution in [0, 0.1) is 0 Å². The van der Waals surface area contributed by atoms with Crippen LogP contribution in [0.4, 0.5) is 4.79 Å². The van der Waals surface area contributed by atoms with E-state index in [-0.39, 0.29) is 83.4 Å². The average molecular weight is 600 g/mol. The van der Waals surface area contributed by atoms with E-state index in [9.17, 15) is 9.59 Å². The molecule has 1 saturated heterocycles. The minimum Gasteiger partial charge on any atom is 1.00 e. The van der Waals surface area contributed by atoms with E-state index in [1.54, 1.807) is 0 Å². The molecule has 4 atom stereocenters. The van der Waals surface area contributed by atoms with Crippen molar-refractivity contribution in [2.24, 2.45) is 0 Å². The second-order valence-corrected chi connectivity index (χ2v) is 7.86. The molecule has 16 heteroatoms. The van der Waals surface area contributed by atoms with Crippen LogP contribution < -0.4 is 29.6 Å². The number of unbranched alkanes of at least 4 members (excludes halogenated alkanes) is 8. The van der Waals surface area contributed by atoms with Gasteiger partial charge in [0.05, 0.1) is 19.8 Å². The van der Waals surface area contributed by atoms with Crippen molar-refractivity contribution < 1.29 is 103 Å². The van der Waals surface area contributed by atoms with E-state index >= 15 is 0 Å². The number of ether oxygens (including phenoxy) is 1. The van der Waals surface area contributed by atoms with Crippen LogP contribution in [0.3, 0.4) is 0 Å². The van der Waals surface area contributed by atoms with Crippen molar-refractivity contribution in [2.45, 2.75) is 102 Å². The number of carboxylic acids is 1. The summed E-state index contributed by atoms with van der Waals surface area (Å²) in [6, 6.07) is 0. The van der Waals surface area contributed by atoms with Gasteiger partial charge >= 0.3 is 88.2 Å². The van der Waals surface area contributed by atoms with Gasteiger partial charge in [0.1, 0.15) is 18.3 Å². The number of aliphatic hydroxyl groups is 7. The van der Waals surface area contributed by atoms with Gasteiger partial charge in [-0.15, -0.1) is 0 Å². The van der Waals surface area contributed by atoms with Gasteiger partial charge in [0.15, 0.2) is 12.2 Å². The van der Waals surface area contributed by atoms with Crippen molar-refractivity contribution in [3.05, 3.63) is 0 Å². The number of carboxylic acid groups (broad SMARTS) is 3. The number of aliphatic hydroxyl groups excluding tert-OH is 7. The molecule has 220 valence electrons. The Bertz CT molecular complexity index is 560. The van der Waals surface area contributed by atoms with E-state index in [1.165, 1.54) is 44.9 Å². The number of rotatable bonds is 13. The maximum Gasteiger partial charge on any atom is 1.00 e. The monoisotopic (exact) mass is 599 g/mol. The summed E-state index contributed by atoms with van der Waals surface area (Å²) >= 11 is 0. The summed E-state index contributed by atoms with van der Waals surface area (Å²) in [6.07, 6.45) is 2.77. The molecule has 0 aromatic rings. The summed E-state index contributed by atoms with van der Waals surface area (Å²) in [5.74, 6) is -1.69. The molecule has 0 aliphatic carbocycles. The summed E-state index contributed by atoms with van der Waals surface area (Å²) in [6.45, 7) is 0.912. The maximum atomic E-state index is 10.7. The van der Waals surface area contributed by atoms with Gasteiger partial charge in [-0.3, -0.25) is 4.79 Å². The number of esters is 1. The van der Waals surface area contributed by atoms with Crippen LogP contribution in [0.2, 0.25) is 0 Å². The van der Waals surface area contributed by atoms with Crippen LogP contribution in [0.25, 0.3) is 0 Å². The molecule has 1 rings (SSSR count). The fourth-order valence-corrected chi connectivity index (χ4v) is 2.62. The van der Waals surface area contributed by atoms with Gasteiger partial charge in [-0.25, -0.2) is 9.59 Å². The Morgan fingerprint density at radius 1 is 0.842 bits per heavy atom. The van der Waals surface area contributed by atoms with Crippen molar-refractivity contribution in [3.63, 3.8) is 0 Å². The quantitative estimate of drug-likeness (QED) is 0.0547. The molecule has 0 unspecified atom stereocenters. The van der Waals surface area contributed by atoms with Gasteiger partial charge in [-0.05, 0) is 6.42 Å². The Morgan fingerprint density at radius 2 is 1.24 bits per heavy atom. The first-order valence-electron chi connectivity index (χ1n) is 11.8. The second-order valence-electron chi connectivity index (χ2n) is 7.86. The first-order valence-corrected chi connectivity index (χ1v) is 11.8. The van der Waals surface area contributed by atoms with Crippen LogP contribution in [0.1, 0.15) is 74.0 Å². The molecule has 1 fully saturated rings. The fourth-order valence-electron chi connectivity index (χ4n) is 2.62. The van der Waals surface area contributed by atoms with E-state index in [0.717, 1.165) is 12.8 Å². The molecule has 1 heterocycles. The van der Waals surface area contributed by atoms with Crippen molar-refractivity contribution in [2.75, 3.05) is 19.8 Å². The average Bonchev–Trinajstić information content (AvgIpc) is 2.83. The first kappa shape index (κ1) is 47.9. The molecular formula is C22H48CaNaO14+3. The third-order valence-corrected chi connectivity index (χ3v) is 4.66. The number of hydrogen-bond donors (Lipinski definition) is 10. The molecule has 0 amide bonds. The zero-order valence-corrected chi connectivity index (χ0v) is 23.7. The molecule has 0 bridgehead atoms. The number of cyclic esters (lactones) is 1.